The molecule has 2 aromatic carbocycles. The Bertz CT molecular complexity index is 1090. The molecule has 0 bridgehead atoms. The molecule has 0 radical (unpaired) electrons. The van der Waals surface area contributed by atoms with Crippen LogP contribution in [-0.4, -0.2) is 40.6 Å². The van der Waals surface area contributed by atoms with Crippen LogP contribution in [-0.2, 0) is 17.1 Å². The first-order valence-corrected chi connectivity index (χ1v) is 11.2. The van der Waals surface area contributed by atoms with Gasteiger partial charge in [-0.25, -0.2) is 4.98 Å². The fraction of sp³-hybridized carbons (Fsp3) is 0.227. The van der Waals surface area contributed by atoms with E-state index in [1.54, 1.807) is 7.05 Å². The van der Waals surface area contributed by atoms with Gasteiger partial charge in [0.1, 0.15) is 12.3 Å². The van der Waals surface area contributed by atoms with Crippen LogP contribution in [0.25, 0.3) is 0 Å². The van der Waals surface area contributed by atoms with E-state index in [1.807, 2.05) is 30.3 Å². The summed E-state index contributed by atoms with van der Waals surface area (Å²) in [6.07, 6.45) is 1.24. The van der Waals surface area contributed by atoms with Crippen molar-refractivity contribution in [1.82, 2.24) is 15.6 Å². The minimum atomic E-state index is -0.870. The van der Waals surface area contributed by atoms with E-state index < -0.39 is 22.8 Å². The smallest absolute Gasteiger partial charge is 0.273 e. The normalized spacial score (nSPS) is 11.5. The van der Waals surface area contributed by atoms with E-state index in [2.05, 4.69) is 20.9 Å². The van der Waals surface area contributed by atoms with Crippen molar-refractivity contribution < 1.29 is 18.9 Å². The Morgan fingerprint density at radius 1 is 1.15 bits per heavy atom. The minimum absolute atomic E-state index is 0.0708. The summed E-state index contributed by atoms with van der Waals surface area (Å²) >= 11 is 1.49. The number of rotatable bonds is 11. The topological polar surface area (TPSA) is 139 Å². The molecule has 0 saturated carbocycles. The zero-order chi connectivity index (χ0) is 23.6. The van der Waals surface area contributed by atoms with Gasteiger partial charge >= 0.3 is 0 Å². The molecule has 2 amide bonds. The molecule has 0 aliphatic heterocycles. The Labute approximate surface area is 194 Å². The standard InChI is InChI=1S/C22H23N5O5S/c1-23-11-20-25-18(12-32-20)21(28)26-19(14-33-13-15-5-3-2-4-6-15)22(29)24-16-7-9-17(10-8-16)27(30)31/h2-10,12,19,23H,11,13-14H2,1H3,(H,24,29)(H,26,28). The van der Waals surface area contributed by atoms with Crippen LogP contribution in [0.5, 0.6) is 0 Å². The highest BCUT2D eigenvalue weighted by atomic mass is 32.2. The van der Waals surface area contributed by atoms with Gasteiger partial charge in [-0.15, -0.1) is 0 Å². The molecule has 1 atom stereocenters. The lowest BCUT2D eigenvalue weighted by atomic mass is 10.2. The predicted octanol–water partition coefficient (Wildman–Crippen LogP) is 2.97. The Morgan fingerprint density at radius 2 is 1.88 bits per heavy atom. The zero-order valence-electron chi connectivity index (χ0n) is 17.8. The first kappa shape index (κ1) is 24.0. The third kappa shape index (κ3) is 7.16. The molecule has 11 heteroatoms. The molecule has 0 spiro atoms. The van der Waals surface area contributed by atoms with E-state index in [1.165, 1.54) is 42.3 Å². The highest BCUT2D eigenvalue weighted by molar-refractivity contribution is 7.98. The molecule has 0 saturated heterocycles. The summed E-state index contributed by atoms with van der Waals surface area (Å²) in [5, 5.41) is 19.1. The summed E-state index contributed by atoms with van der Waals surface area (Å²) in [5.74, 6) is 0.338. The number of oxazole rings is 1. The first-order valence-electron chi connectivity index (χ1n) is 10.0. The monoisotopic (exact) mass is 469 g/mol. The van der Waals surface area contributed by atoms with Crippen LogP contribution in [0.1, 0.15) is 21.9 Å². The SMILES string of the molecule is CNCc1nc(C(=O)NC(CSCc2ccccc2)C(=O)Nc2ccc([N+](=O)[O-])cc2)co1. The molecular weight excluding hydrogens is 446 g/mol. The quantitative estimate of drug-likeness (QED) is 0.288. The maximum atomic E-state index is 12.9. The lowest BCUT2D eigenvalue weighted by Gasteiger charge is -2.18. The first-order chi connectivity index (χ1) is 16.0. The van der Waals surface area contributed by atoms with Gasteiger partial charge in [0.05, 0.1) is 11.5 Å². The van der Waals surface area contributed by atoms with Crippen LogP contribution in [0.3, 0.4) is 0 Å². The summed E-state index contributed by atoms with van der Waals surface area (Å²) in [7, 11) is 1.73. The van der Waals surface area contributed by atoms with Gasteiger partial charge in [-0.2, -0.15) is 11.8 Å². The Kier molecular flexibility index (Phi) is 8.56. The molecule has 0 fully saturated rings. The third-order valence-corrected chi connectivity index (χ3v) is 5.58. The molecule has 3 N–H and O–H groups in total. The van der Waals surface area contributed by atoms with Crippen LogP contribution in [0, 0.1) is 10.1 Å². The van der Waals surface area contributed by atoms with Crippen LogP contribution in [0.2, 0.25) is 0 Å². The van der Waals surface area contributed by atoms with E-state index in [4.69, 9.17) is 4.42 Å². The molecule has 3 rings (SSSR count). The number of nitrogens with one attached hydrogen (secondary N) is 3. The summed E-state index contributed by atoms with van der Waals surface area (Å²) in [5.41, 5.74) is 1.47. The zero-order valence-corrected chi connectivity index (χ0v) is 18.6. The van der Waals surface area contributed by atoms with Gasteiger partial charge in [-0.3, -0.25) is 19.7 Å². The van der Waals surface area contributed by atoms with Crippen LogP contribution < -0.4 is 16.0 Å². The molecule has 1 unspecified atom stereocenters. The number of nitro benzene ring substituents is 1. The number of nitro groups is 1. The fourth-order valence-electron chi connectivity index (χ4n) is 2.83. The average Bonchev–Trinajstić information content (AvgIpc) is 3.28. The number of aromatic nitrogens is 1. The van der Waals surface area contributed by atoms with E-state index in [-0.39, 0.29) is 11.4 Å². The third-order valence-electron chi connectivity index (χ3n) is 4.48. The van der Waals surface area contributed by atoms with Crippen molar-refractivity contribution in [2.45, 2.75) is 18.3 Å². The number of anilines is 1. The van der Waals surface area contributed by atoms with Crippen molar-refractivity contribution in [2.24, 2.45) is 0 Å². The molecule has 1 heterocycles. The van der Waals surface area contributed by atoms with Gasteiger partial charge in [0.25, 0.3) is 11.6 Å². The van der Waals surface area contributed by atoms with Crippen LogP contribution in [0.15, 0.2) is 65.3 Å². The van der Waals surface area contributed by atoms with Gasteiger partial charge in [0, 0.05) is 29.3 Å². The molecule has 0 aliphatic carbocycles. The van der Waals surface area contributed by atoms with Gasteiger partial charge in [0.2, 0.25) is 11.8 Å². The van der Waals surface area contributed by atoms with Crippen LogP contribution in [0.4, 0.5) is 11.4 Å². The van der Waals surface area contributed by atoms with Gasteiger partial charge in [-0.1, -0.05) is 30.3 Å². The number of carbonyl (C=O) groups is 2. The van der Waals surface area contributed by atoms with Crippen LogP contribution >= 0.6 is 11.8 Å². The number of amides is 2. The summed E-state index contributed by atoms with van der Waals surface area (Å²) in [6.45, 7) is 0.365. The van der Waals surface area contributed by atoms with E-state index in [0.717, 1.165) is 5.56 Å². The van der Waals surface area contributed by atoms with Crippen molar-refractivity contribution in [2.75, 3.05) is 18.1 Å². The largest absolute Gasteiger partial charge is 0.447 e. The number of non-ortho nitro benzene ring substituents is 1. The Morgan fingerprint density at radius 3 is 2.55 bits per heavy atom. The highest BCUT2D eigenvalue weighted by Gasteiger charge is 2.23. The lowest BCUT2D eigenvalue weighted by Crippen LogP contribution is -2.45. The second-order valence-electron chi connectivity index (χ2n) is 6.98. The number of benzene rings is 2. The van der Waals surface area contributed by atoms with Gasteiger partial charge < -0.3 is 20.4 Å². The van der Waals surface area contributed by atoms with Crippen molar-refractivity contribution in [3.8, 4) is 0 Å². The predicted molar refractivity (Wildman–Crippen MR) is 125 cm³/mol. The number of hydrogen-bond donors (Lipinski definition) is 3. The van der Waals surface area contributed by atoms with Gasteiger partial charge in [0.15, 0.2) is 5.69 Å². The molecule has 0 aliphatic rings. The number of thioether (sulfide) groups is 1. The number of carbonyl (C=O) groups excluding carboxylic acids is 2. The maximum absolute atomic E-state index is 12.9. The summed E-state index contributed by atoms with van der Waals surface area (Å²) in [6, 6.07) is 14.4. The molecule has 3 aromatic rings. The highest BCUT2D eigenvalue weighted by Crippen LogP contribution is 2.17. The molecular formula is C22H23N5O5S. The second-order valence-corrected chi connectivity index (χ2v) is 8.01. The van der Waals surface area contributed by atoms with E-state index in [0.29, 0.717) is 29.6 Å². The molecule has 33 heavy (non-hydrogen) atoms. The number of nitrogens with zero attached hydrogens (tertiary/aromatic N) is 2. The van der Waals surface area contributed by atoms with Gasteiger partial charge in [-0.05, 0) is 24.7 Å². The van der Waals surface area contributed by atoms with E-state index >= 15 is 0 Å². The van der Waals surface area contributed by atoms with Crippen molar-refractivity contribution in [1.29, 1.82) is 0 Å². The van der Waals surface area contributed by atoms with Crippen molar-refractivity contribution in [3.63, 3.8) is 0 Å². The molecule has 10 nitrogen and oxygen atoms in total. The number of hydrogen-bond acceptors (Lipinski definition) is 8. The Balaban J connectivity index is 1.68. The molecule has 1 aromatic heterocycles. The summed E-state index contributed by atoms with van der Waals surface area (Å²) < 4.78 is 5.24. The lowest BCUT2D eigenvalue weighted by molar-refractivity contribution is -0.384. The van der Waals surface area contributed by atoms with Crippen molar-refractivity contribution in [3.05, 3.63) is 88.1 Å². The maximum Gasteiger partial charge on any atom is 0.273 e. The average molecular weight is 470 g/mol. The minimum Gasteiger partial charge on any atom is -0.447 e. The fourth-order valence-corrected chi connectivity index (χ4v) is 3.84. The molecule has 172 valence electrons. The van der Waals surface area contributed by atoms with E-state index in [9.17, 15) is 19.7 Å². The van der Waals surface area contributed by atoms with Crippen molar-refractivity contribution >= 4 is 35.0 Å². The second kappa shape index (κ2) is 11.8. The summed E-state index contributed by atoms with van der Waals surface area (Å²) in [4.78, 5) is 40.0. The Hall–Kier alpha value is -3.70.